The van der Waals surface area contributed by atoms with Crippen molar-refractivity contribution in [1.29, 1.82) is 0 Å². The quantitative estimate of drug-likeness (QED) is 0.632. The molecule has 1 unspecified atom stereocenters. The Hall–Kier alpha value is -1.96. The van der Waals surface area contributed by atoms with Crippen molar-refractivity contribution in [3.63, 3.8) is 0 Å². The minimum absolute atomic E-state index is 0.0180. The topological polar surface area (TPSA) is 34.1 Å². The van der Waals surface area contributed by atoms with E-state index in [9.17, 15) is 9.59 Å². The van der Waals surface area contributed by atoms with E-state index in [-0.39, 0.29) is 22.4 Å². The molecule has 0 saturated heterocycles. The molecule has 1 aliphatic carbocycles. The molecule has 0 radical (unpaired) electrons. The van der Waals surface area contributed by atoms with E-state index in [4.69, 9.17) is 0 Å². The number of carbonyl (C=O) groups is 2. The second kappa shape index (κ2) is 5.27. The van der Waals surface area contributed by atoms with Gasteiger partial charge in [0.15, 0.2) is 5.78 Å². The first-order chi connectivity index (χ1) is 11.0. The zero-order chi connectivity index (χ0) is 17.9. The van der Waals surface area contributed by atoms with Crippen molar-refractivity contribution in [2.75, 3.05) is 0 Å². The van der Waals surface area contributed by atoms with E-state index < -0.39 is 5.92 Å². The smallest absolute Gasteiger partial charge is 0.174 e. The SMILES string of the molecule is CC(C)(C)c1ccc2c3c(ccc2c1)C(=O)C(C(C)(C)C)C(=O)C3. The van der Waals surface area contributed by atoms with E-state index in [1.54, 1.807) is 0 Å². The number of Topliss-reactive ketones (excluding diaryl/α,β-unsaturated/α-hetero) is 2. The number of rotatable bonds is 0. The second-order valence-electron chi connectivity index (χ2n) is 9.08. The van der Waals surface area contributed by atoms with Crippen LogP contribution in [0.2, 0.25) is 0 Å². The van der Waals surface area contributed by atoms with E-state index in [1.807, 2.05) is 32.9 Å². The number of carbonyl (C=O) groups excluding carboxylic acids is 2. The van der Waals surface area contributed by atoms with Gasteiger partial charge in [0, 0.05) is 12.0 Å². The highest BCUT2D eigenvalue weighted by Crippen LogP contribution is 2.38. The van der Waals surface area contributed by atoms with Crippen molar-refractivity contribution in [2.24, 2.45) is 11.3 Å². The number of ketones is 2. The van der Waals surface area contributed by atoms with E-state index in [0.717, 1.165) is 21.9 Å². The summed E-state index contributed by atoms with van der Waals surface area (Å²) in [6.45, 7) is 12.5. The largest absolute Gasteiger partial charge is 0.298 e. The van der Waals surface area contributed by atoms with Gasteiger partial charge in [0.1, 0.15) is 5.78 Å². The second-order valence-corrected chi connectivity index (χ2v) is 9.08. The minimum Gasteiger partial charge on any atom is -0.298 e. The standard InChI is InChI=1S/C22H26O2/c1-21(2,3)14-8-10-15-13(11-14)7-9-16-17(15)12-18(23)19(20(16)24)22(4,5)6/h7-11,19H,12H2,1-6H3. The van der Waals surface area contributed by atoms with Crippen LogP contribution in [0, 0.1) is 11.3 Å². The molecule has 2 aromatic carbocycles. The summed E-state index contributed by atoms with van der Waals surface area (Å²) in [6, 6.07) is 10.3. The van der Waals surface area contributed by atoms with Gasteiger partial charge in [-0.2, -0.15) is 0 Å². The maximum absolute atomic E-state index is 12.9. The predicted molar refractivity (Wildman–Crippen MR) is 98.6 cm³/mol. The summed E-state index contributed by atoms with van der Waals surface area (Å²) in [4.78, 5) is 25.6. The van der Waals surface area contributed by atoms with Crippen LogP contribution in [0.4, 0.5) is 0 Å². The molecule has 1 atom stereocenters. The number of benzene rings is 2. The van der Waals surface area contributed by atoms with Gasteiger partial charge in [0.2, 0.25) is 0 Å². The van der Waals surface area contributed by atoms with Crippen LogP contribution in [0.25, 0.3) is 10.8 Å². The molecule has 0 fully saturated rings. The number of hydrogen-bond donors (Lipinski definition) is 0. The Bertz CT molecular complexity index is 845. The Morgan fingerprint density at radius 2 is 1.58 bits per heavy atom. The van der Waals surface area contributed by atoms with Crippen LogP contribution < -0.4 is 0 Å². The van der Waals surface area contributed by atoms with Crippen molar-refractivity contribution in [1.82, 2.24) is 0 Å². The molecule has 2 heteroatoms. The van der Waals surface area contributed by atoms with Crippen molar-refractivity contribution >= 4 is 22.3 Å². The van der Waals surface area contributed by atoms with Crippen LogP contribution in [-0.4, -0.2) is 11.6 Å². The normalized spacial score (nSPS) is 18.8. The van der Waals surface area contributed by atoms with Crippen LogP contribution in [0.3, 0.4) is 0 Å². The highest BCUT2D eigenvalue weighted by atomic mass is 16.2. The Kier molecular flexibility index (Phi) is 3.71. The third kappa shape index (κ3) is 2.68. The average Bonchev–Trinajstić information content (AvgIpc) is 2.44. The molecule has 0 saturated carbocycles. The highest BCUT2D eigenvalue weighted by molar-refractivity contribution is 6.18. The van der Waals surface area contributed by atoms with E-state index in [0.29, 0.717) is 6.42 Å². The van der Waals surface area contributed by atoms with E-state index >= 15 is 0 Å². The summed E-state index contributed by atoms with van der Waals surface area (Å²) >= 11 is 0. The van der Waals surface area contributed by atoms with Crippen molar-refractivity contribution in [3.8, 4) is 0 Å². The van der Waals surface area contributed by atoms with Gasteiger partial charge in [-0.05, 0) is 32.7 Å². The summed E-state index contributed by atoms with van der Waals surface area (Å²) in [5.41, 5.74) is 2.63. The highest BCUT2D eigenvalue weighted by Gasteiger charge is 2.42. The third-order valence-corrected chi connectivity index (χ3v) is 5.06. The van der Waals surface area contributed by atoms with Crippen molar-refractivity contribution in [3.05, 3.63) is 47.0 Å². The monoisotopic (exact) mass is 322 g/mol. The molecule has 2 nitrogen and oxygen atoms in total. The van der Waals surface area contributed by atoms with Crippen LogP contribution in [0.5, 0.6) is 0 Å². The lowest BCUT2D eigenvalue weighted by molar-refractivity contribution is -0.123. The molecule has 0 aliphatic heterocycles. The summed E-state index contributed by atoms with van der Waals surface area (Å²) < 4.78 is 0. The maximum atomic E-state index is 12.9. The maximum Gasteiger partial charge on any atom is 0.174 e. The average molecular weight is 322 g/mol. The van der Waals surface area contributed by atoms with Crippen molar-refractivity contribution in [2.45, 2.75) is 53.4 Å². The Balaban J connectivity index is 2.18. The summed E-state index contributed by atoms with van der Waals surface area (Å²) in [5, 5.41) is 2.14. The zero-order valence-electron chi connectivity index (χ0n) is 15.5. The van der Waals surface area contributed by atoms with Gasteiger partial charge < -0.3 is 0 Å². The Morgan fingerprint density at radius 1 is 0.917 bits per heavy atom. The summed E-state index contributed by atoms with van der Waals surface area (Å²) in [5.74, 6) is -0.501. The van der Waals surface area contributed by atoms with Gasteiger partial charge in [0.05, 0.1) is 5.92 Å². The molecule has 24 heavy (non-hydrogen) atoms. The molecule has 1 aliphatic rings. The molecule has 0 amide bonds. The fraction of sp³-hybridized carbons (Fsp3) is 0.455. The zero-order valence-corrected chi connectivity index (χ0v) is 15.5. The van der Waals surface area contributed by atoms with Gasteiger partial charge >= 0.3 is 0 Å². The fourth-order valence-corrected chi connectivity index (χ4v) is 3.74. The molecular weight excluding hydrogens is 296 g/mol. The van der Waals surface area contributed by atoms with Gasteiger partial charge in [-0.25, -0.2) is 0 Å². The van der Waals surface area contributed by atoms with Crippen LogP contribution in [0.1, 0.15) is 63.0 Å². The van der Waals surface area contributed by atoms with Gasteiger partial charge in [-0.15, -0.1) is 0 Å². The molecule has 0 bridgehead atoms. The molecule has 0 spiro atoms. The lowest BCUT2D eigenvalue weighted by atomic mass is 9.68. The molecule has 0 heterocycles. The molecule has 0 aromatic heterocycles. The van der Waals surface area contributed by atoms with Gasteiger partial charge in [0.25, 0.3) is 0 Å². The molecule has 2 aromatic rings. The fourth-order valence-electron chi connectivity index (χ4n) is 3.74. The molecule has 3 rings (SSSR count). The van der Waals surface area contributed by atoms with Crippen LogP contribution >= 0.6 is 0 Å². The lowest BCUT2D eigenvalue weighted by Gasteiger charge is -2.32. The molecule has 0 N–H and O–H groups in total. The van der Waals surface area contributed by atoms with Crippen LogP contribution in [-0.2, 0) is 16.6 Å². The lowest BCUT2D eigenvalue weighted by Crippen LogP contribution is -2.40. The molecule has 126 valence electrons. The minimum atomic E-state index is -0.531. The number of hydrogen-bond acceptors (Lipinski definition) is 2. The van der Waals surface area contributed by atoms with E-state index in [1.165, 1.54) is 5.56 Å². The van der Waals surface area contributed by atoms with Gasteiger partial charge in [-0.1, -0.05) is 71.9 Å². The Labute approximate surface area is 144 Å². The third-order valence-electron chi connectivity index (χ3n) is 5.06. The summed E-state index contributed by atoms with van der Waals surface area (Å²) in [6.07, 6.45) is 0.356. The Morgan fingerprint density at radius 3 is 2.17 bits per heavy atom. The van der Waals surface area contributed by atoms with Crippen molar-refractivity contribution < 1.29 is 9.59 Å². The first-order valence-electron chi connectivity index (χ1n) is 8.63. The van der Waals surface area contributed by atoms with Crippen LogP contribution in [0.15, 0.2) is 30.3 Å². The number of fused-ring (bicyclic) bond motifs is 3. The predicted octanol–water partition coefficient (Wildman–Crippen LogP) is 5.11. The molecular formula is C22H26O2. The summed E-state index contributed by atoms with van der Waals surface area (Å²) in [7, 11) is 0. The van der Waals surface area contributed by atoms with E-state index in [2.05, 4.69) is 39.0 Å². The first-order valence-corrected chi connectivity index (χ1v) is 8.63. The first kappa shape index (κ1) is 16.9. The van der Waals surface area contributed by atoms with Gasteiger partial charge in [-0.3, -0.25) is 9.59 Å².